The van der Waals surface area contributed by atoms with Crippen molar-refractivity contribution in [3.8, 4) is 28.4 Å². The molecule has 60 heavy (non-hydrogen) atoms. The normalized spacial score (nSPS) is 18.8. The Morgan fingerprint density at radius 1 is 0.983 bits per heavy atom. The topological polar surface area (TPSA) is 216 Å². The first-order valence-corrected chi connectivity index (χ1v) is 19.3. The van der Waals surface area contributed by atoms with E-state index in [0.717, 1.165) is 27.0 Å². The highest BCUT2D eigenvalue weighted by Gasteiger charge is 2.46. The first-order chi connectivity index (χ1) is 28.9. The third kappa shape index (κ3) is 7.90. The number of morpholine rings is 1. The van der Waals surface area contributed by atoms with E-state index in [1.165, 1.54) is 12.1 Å². The van der Waals surface area contributed by atoms with Crippen LogP contribution in [0.4, 0.5) is 0 Å². The number of imide groups is 2. The molecule has 8 rings (SSSR count). The van der Waals surface area contributed by atoms with Crippen molar-refractivity contribution in [1.29, 1.82) is 0 Å². The average Bonchev–Trinajstić information content (AvgIpc) is 3.51. The lowest BCUT2D eigenvalue weighted by molar-refractivity contribution is -0.161. The van der Waals surface area contributed by atoms with Crippen LogP contribution in [0.3, 0.4) is 0 Å². The number of ether oxygens (including phenoxy) is 4. The van der Waals surface area contributed by atoms with E-state index in [-0.39, 0.29) is 54.3 Å². The van der Waals surface area contributed by atoms with Crippen molar-refractivity contribution in [3.05, 3.63) is 82.0 Å². The number of aryl methyl sites for hydroxylation is 1. The van der Waals surface area contributed by atoms with Gasteiger partial charge in [0.05, 0.1) is 48.5 Å². The summed E-state index contributed by atoms with van der Waals surface area (Å²) in [6, 6.07) is 9.20. The minimum absolute atomic E-state index is 0.00762. The molecule has 1 atom stereocenters. The molecule has 0 aliphatic carbocycles. The van der Waals surface area contributed by atoms with Gasteiger partial charge in [0.2, 0.25) is 11.8 Å². The van der Waals surface area contributed by atoms with E-state index < -0.39 is 35.3 Å². The largest absolute Gasteiger partial charge is 0.496 e. The summed E-state index contributed by atoms with van der Waals surface area (Å²) in [6.07, 6.45) is 6.45. The zero-order valence-corrected chi connectivity index (χ0v) is 33.3. The molecule has 4 aliphatic heterocycles. The van der Waals surface area contributed by atoms with Gasteiger partial charge in [-0.25, -0.2) is 0 Å². The number of carboxylic acid groups (broad SMARTS) is 1. The highest BCUT2D eigenvalue weighted by atomic mass is 16.5. The lowest BCUT2D eigenvalue weighted by atomic mass is 9.89. The first-order valence-electron chi connectivity index (χ1n) is 19.3. The number of aromatic nitrogens is 2. The molecule has 1 spiro atoms. The Morgan fingerprint density at radius 3 is 2.38 bits per heavy atom. The Bertz CT molecular complexity index is 2420. The van der Waals surface area contributed by atoms with Gasteiger partial charge in [0.1, 0.15) is 23.3 Å². The van der Waals surface area contributed by atoms with Crippen LogP contribution in [0.5, 0.6) is 17.2 Å². The molecular weight excluding hydrogens is 780 g/mol. The van der Waals surface area contributed by atoms with Gasteiger partial charge in [0, 0.05) is 70.3 Å². The van der Waals surface area contributed by atoms with Crippen molar-refractivity contribution >= 4 is 46.8 Å². The lowest BCUT2D eigenvalue weighted by Crippen LogP contribution is -2.58. The average molecular weight is 825 g/mol. The molecule has 3 saturated heterocycles. The molecule has 4 aliphatic rings. The van der Waals surface area contributed by atoms with E-state index in [9.17, 15) is 28.8 Å². The van der Waals surface area contributed by atoms with Gasteiger partial charge in [-0.15, -0.1) is 0 Å². The van der Waals surface area contributed by atoms with Crippen LogP contribution in [-0.2, 0) is 37.5 Å². The molecule has 314 valence electrons. The molecule has 18 nitrogen and oxygen atoms in total. The molecule has 1 unspecified atom stereocenters. The molecule has 2 aromatic heterocycles. The van der Waals surface area contributed by atoms with E-state index in [0.29, 0.717) is 69.1 Å². The number of fused-ring (bicyclic) bond motifs is 2. The number of rotatable bonds is 9. The van der Waals surface area contributed by atoms with Crippen LogP contribution in [-0.4, -0.2) is 131 Å². The Hall–Kier alpha value is -6.66. The molecule has 5 amide bonds. The second-order valence-corrected chi connectivity index (χ2v) is 14.9. The molecule has 2 N–H and O–H groups in total. The summed E-state index contributed by atoms with van der Waals surface area (Å²) >= 11 is 0. The lowest BCUT2D eigenvalue weighted by Gasteiger charge is -2.47. The van der Waals surface area contributed by atoms with Gasteiger partial charge in [-0.2, -0.15) is 0 Å². The summed E-state index contributed by atoms with van der Waals surface area (Å²) in [6.45, 7) is 2.45. The fourth-order valence-electron chi connectivity index (χ4n) is 8.37. The summed E-state index contributed by atoms with van der Waals surface area (Å²) in [5.41, 5.74) is 1.98. The SMILES string of the molecule is COc1cc(-c2cn(C)c(=O)c3cnccc23)cc(OC)c1CN1CCC2(CC1)CN(C(=O)COc1cccc3c1C(=O)N(C1CCC(=O)NC1=O)C3=O)CCO2.O=CO. The van der Waals surface area contributed by atoms with E-state index in [4.69, 9.17) is 28.8 Å². The van der Waals surface area contributed by atoms with E-state index in [2.05, 4.69) is 15.2 Å². The van der Waals surface area contributed by atoms with Crippen molar-refractivity contribution < 1.29 is 52.8 Å². The summed E-state index contributed by atoms with van der Waals surface area (Å²) in [4.78, 5) is 94.6. The zero-order chi connectivity index (χ0) is 42.7. The van der Waals surface area contributed by atoms with Crippen LogP contribution >= 0.6 is 0 Å². The van der Waals surface area contributed by atoms with Crippen LogP contribution in [0.1, 0.15) is 52.0 Å². The van der Waals surface area contributed by atoms with Gasteiger partial charge in [0.25, 0.3) is 29.8 Å². The second-order valence-electron chi connectivity index (χ2n) is 14.9. The minimum Gasteiger partial charge on any atom is -0.496 e. The number of nitrogens with zero attached hydrogens (tertiary/aromatic N) is 5. The standard InChI is InChI=1S/C41H42N6O10.CH2O2/c1-44-20-28(25-9-12-42-19-27(25)38(44)51)24-17-32(54-2)29(33(18-24)55-3)21-45-13-10-41(11-14-45)23-46(15-16-57-41)35(49)22-56-31-6-4-5-26-36(31)40(53)47(39(26)52)30-7-8-34(48)43-37(30)50;2-1-3/h4-6,9,12,17-20,30H,7-8,10-11,13-16,21-23H2,1-3H3,(H,43,48,50);1H,(H,2,3). The fraction of sp³-hybridized carbons (Fsp3) is 0.381. The van der Waals surface area contributed by atoms with Gasteiger partial charge >= 0.3 is 0 Å². The summed E-state index contributed by atoms with van der Waals surface area (Å²) < 4.78 is 25.6. The van der Waals surface area contributed by atoms with Crippen LogP contribution in [0.15, 0.2) is 59.8 Å². The number of likely N-dealkylation sites (tertiary alicyclic amines) is 1. The highest BCUT2D eigenvalue weighted by molar-refractivity contribution is 6.24. The third-order valence-corrected chi connectivity index (χ3v) is 11.4. The van der Waals surface area contributed by atoms with Crippen molar-refractivity contribution in [2.24, 2.45) is 7.05 Å². The maximum atomic E-state index is 13.6. The molecule has 18 heteroatoms. The number of nitrogens with one attached hydrogen (secondary N) is 1. The van der Waals surface area contributed by atoms with Crippen LogP contribution in [0, 0.1) is 0 Å². The fourth-order valence-corrected chi connectivity index (χ4v) is 8.37. The van der Waals surface area contributed by atoms with Gasteiger partial charge in [0.15, 0.2) is 6.61 Å². The van der Waals surface area contributed by atoms with Crippen molar-refractivity contribution in [1.82, 2.24) is 29.6 Å². The van der Waals surface area contributed by atoms with Crippen molar-refractivity contribution in [2.45, 2.75) is 43.9 Å². The number of amides is 5. The van der Waals surface area contributed by atoms with Gasteiger partial charge in [-0.05, 0) is 60.5 Å². The molecule has 6 heterocycles. The Kier molecular flexibility index (Phi) is 12.0. The minimum atomic E-state index is -1.11. The highest BCUT2D eigenvalue weighted by Crippen LogP contribution is 2.40. The van der Waals surface area contributed by atoms with Crippen LogP contribution in [0.2, 0.25) is 0 Å². The Labute approximate surface area is 343 Å². The number of benzene rings is 2. The van der Waals surface area contributed by atoms with Gasteiger partial charge < -0.3 is 33.5 Å². The maximum Gasteiger partial charge on any atom is 0.290 e. The third-order valence-electron chi connectivity index (χ3n) is 11.4. The summed E-state index contributed by atoms with van der Waals surface area (Å²) in [5.74, 6) is -1.41. The predicted molar refractivity (Wildman–Crippen MR) is 213 cm³/mol. The van der Waals surface area contributed by atoms with E-state index >= 15 is 0 Å². The molecule has 0 saturated carbocycles. The van der Waals surface area contributed by atoms with E-state index in [1.54, 1.807) is 49.2 Å². The molecule has 4 aromatic rings. The van der Waals surface area contributed by atoms with E-state index in [1.807, 2.05) is 24.4 Å². The van der Waals surface area contributed by atoms with Crippen LogP contribution < -0.4 is 25.1 Å². The first kappa shape index (κ1) is 41.5. The molecular formula is C42H44N6O12. The Balaban J connectivity index is 0.00000176. The number of carbonyl (C=O) groups is 6. The summed E-state index contributed by atoms with van der Waals surface area (Å²) in [7, 11) is 4.97. The van der Waals surface area contributed by atoms with Crippen molar-refractivity contribution in [3.63, 3.8) is 0 Å². The monoisotopic (exact) mass is 824 g/mol. The zero-order valence-electron chi connectivity index (χ0n) is 33.3. The van der Waals surface area contributed by atoms with Crippen LogP contribution in [0.25, 0.3) is 21.9 Å². The maximum absolute atomic E-state index is 13.6. The van der Waals surface area contributed by atoms with Crippen molar-refractivity contribution in [2.75, 3.05) is 53.6 Å². The van der Waals surface area contributed by atoms with Gasteiger partial charge in [-0.1, -0.05) is 6.07 Å². The number of methoxy groups -OCH3 is 2. The quantitative estimate of drug-likeness (QED) is 0.182. The molecule has 0 bridgehead atoms. The second kappa shape index (κ2) is 17.3. The number of piperidine rings is 2. The number of pyridine rings is 2. The predicted octanol–water partition coefficient (Wildman–Crippen LogP) is 1.99. The summed E-state index contributed by atoms with van der Waals surface area (Å²) in [5, 5.41) is 10.4. The number of hydrogen-bond donors (Lipinski definition) is 2. The van der Waals surface area contributed by atoms with Gasteiger partial charge in [-0.3, -0.25) is 53.7 Å². The smallest absolute Gasteiger partial charge is 0.290 e. The molecule has 2 aromatic carbocycles. The number of hydrogen-bond acceptors (Lipinski definition) is 13. The molecule has 0 radical (unpaired) electrons. The Morgan fingerprint density at radius 2 is 1.70 bits per heavy atom. The molecule has 3 fully saturated rings. The number of carbonyl (C=O) groups excluding carboxylic acids is 5.